The van der Waals surface area contributed by atoms with Crippen LogP contribution in [0.2, 0.25) is 0 Å². The maximum atomic E-state index is 12.8. The van der Waals surface area contributed by atoms with E-state index in [-0.39, 0.29) is 5.91 Å². The molecule has 1 amide bonds. The number of carbonyl (C=O) groups excluding carboxylic acids is 1. The highest BCUT2D eigenvalue weighted by Gasteiger charge is 2.16. The first-order chi connectivity index (χ1) is 12.6. The van der Waals surface area contributed by atoms with Gasteiger partial charge in [0.05, 0.1) is 11.4 Å². The number of hydrogen-bond donors (Lipinski definition) is 1. The van der Waals surface area contributed by atoms with Crippen molar-refractivity contribution in [2.24, 2.45) is 0 Å². The molecular formula is C22H19N3O. The van der Waals surface area contributed by atoms with Gasteiger partial charge in [0.15, 0.2) is 0 Å². The van der Waals surface area contributed by atoms with Crippen LogP contribution < -0.4 is 5.32 Å². The van der Waals surface area contributed by atoms with Gasteiger partial charge in [-0.05, 0) is 55.0 Å². The molecule has 0 radical (unpaired) electrons. The number of aromatic nitrogens is 2. The molecular weight excluding hydrogens is 322 g/mol. The Morgan fingerprint density at radius 2 is 1.62 bits per heavy atom. The molecule has 4 aromatic rings. The Morgan fingerprint density at radius 1 is 0.885 bits per heavy atom. The lowest BCUT2D eigenvalue weighted by molar-refractivity contribution is 0.101. The minimum absolute atomic E-state index is 0.178. The normalized spacial score (nSPS) is 10.8. The lowest BCUT2D eigenvalue weighted by Crippen LogP contribution is -2.17. The summed E-state index contributed by atoms with van der Waals surface area (Å²) in [6.07, 6.45) is 0. The topological polar surface area (TPSA) is 46.9 Å². The molecule has 1 N–H and O–H groups in total. The predicted molar refractivity (Wildman–Crippen MR) is 105 cm³/mol. The number of amides is 1. The lowest BCUT2D eigenvalue weighted by atomic mass is 10.1. The Balaban J connectivity index is 1.71. The van der Waals surface area contributed by atoms with Crippen molar-refractivity contribution in [2.45, 2.75) is 13.8 Å². The minimum atomic E-state index is -0.178. The van der Waals surface area contributed by atoms with Gasteiger partial charge in [-0.15, -0.1) is 0 Å². The fourth-order valence-corrected chi connectivity index (χ4v) is 3.00. The summed E-state index contributed by atoms with van der Waals surface area (Å²) in [6.45, 7) is 3.91. The molecule has 1 aromatic heterocycles. The van der Waals surface area contributed by atoms with Crippen LogP contribution in [0.5, 0.6) is 0 Å². The molecule has 26 heavy (non-hydrogen) atoms. The van der Waals surface area contributed by atoms with Crippen LogP contribution in [0.15, 0.2) is 72.8 Å². The molecule has 4 rings (SSSR count). The number of nitrogens with one attached hydrogen (secondary N) is 1. The summed E-state index contributed by atoms with van der Waals surface area (Å²) in [5.74, 6) is -0.178. The van der Waals surface area contributed by atoms with Gasteiger partial charge in [-0.25, -0.2) is 4.68 Å². The van der Waals surface area contributed by atoms with Gasteiger partial charge in [0, 0.05) is 5.69 Å². The fourth-order valence-electron chi connectivity index (χ4n) is 3.00. The van der Waals surface area contributed by atoms with E-state index in [9.17, 15) is 4.79 Å². The smallest absolute Gasteiger partial charge is 0.274 e. The maximum absolute atomic E-state index is 12.8. The first-order valence-corrected chi connectivity index (χ1v) is 8.54. The SMILES string of the molecule is Cc1ccc(NC(=O)c2cc(C)nn2-c2ccc3ccccc3c2)cc1. The molecule has 0 aliphatic carbocycles. The second kappa shape index (κ2) is 6.48. The standard InChI is InChI=1S/C22H19N3O/c1-15-7-10-19(11-8-15)23-22(26)21-13-16(2)24-25(21)20-12-9-17-5-3-4-6-18(17)14-20/h3-14H,1-2H3,(H,23,26). The molecule has 3 aromatic carbocycles. The van der Waals surface area contributed by atoms with Crippen LogP contribution in [0, 0.1) is 13.8 Å². The molecule has 0 aliphatic rings. The summed E-state index contributed by atoms with van der Waals surface area (Å²) in [4.78, 5) is 12.8. The van der Waals surface area contributed by atoms with Gasteiger partial charge >= 0.3 is 0 Å². The van der Waals surface area contributed by atoms with Crippen LogP contribution in [-0.4, -0.2) is 15.7 Å². The first kappa shape index (κ1) is 16.1. The number of hydrogen-bond acceptors (Lipinski definition) is 2. The second-order valence-corrected chi connectivity index (χ2v) is 6.43. The highest BCUT2D eigenvalue weighted by atomic mass is 16.2. The number of nitrogens with zero attached hydrogens (tertiary/aromatic N) is 2. The third kappa shape index (κ3) is 3.09. The van der Waals surface area contributed by atoms with Crippen molar-refractivity contribution < 1.29 is 4.79 Å². The van der Waals surface area contributed by atoms with Crippen LogP contribution in [0.25, 0.3) is 16.5 Å². The minimum Gasteiger partial charge on any atom is -0.321 e. The highest BCUT2D eigenvalue weighted by Crippen LogP contribution is 2.21. The predicted octanol–water partition coefficient (Wildman–Crippen LogP) is 4.89. The summed E-state index contributed by atoms with van der Waals surface area (Å²) in [6, 6.07) is 23.8. The Kier molecular flexibility index (Phi) is 4.01. The van der Waals surface area contributed by atoms with Gasteiger partial charge in [0.25, 0.3) is 5.91 Å². The number of fused-ring (bicyclic) bond motifs is 1. The van der Waals surface area contributed by atoms with E-state index in [2.05, 4.69) is 22.5 Å². The molecule has 0 aliphatic heterocycles. The molecule has 1 heterocycles. The van der Waals surface area contributed by atoms with Gasteiger partial charge < -0.3 is 5.32 Å². The molecule has 4 nitrogen and oxygen atoms in total. The Morgan fingerprint density at radius 3 is 2.38 bits per heavy atom. The summed E-state index contributed by atoms with van der Waals surface area (Å²) in [5, 5.41) is 9.74. The summed E-state index contributed by atoms with van der Waals surface area (Å²) < 4.78 is 1.70. The quantitative estimate of drug-likeness (QED) is 0.576. The zero-order valence-electron chi connectivity index (χ0n) is 14.7. The van der Waals surface area contributed by atoms with Gasteiger partial charge in [-0.3, -0.25) is 4.79 Å². The van der Waals surface area contributed by atoms with Crippen LogP contribution in [0.1, 0.15) is 21.7 Å². The third-order valence-electron chi connectivity index (χ3n) is 4.35. The summed E-state index contributed by atoms with van der Waals surface area (Å²) >= 11 is 0. The Hall–Kier alpha value is -3.40. The van der Waals surface area contributed by atoms with Gasteiger partial charge in [-0.2, -0.15) is 5.10 Å². The van der Waals surface area contributed by atoms with E-state index in [0.717, 1.165) is 33.4 Å². The van der Waals surface area contributed by atoms with Crippen molar-refractivity contribution in [1.82, 2.24) is 9.78 Å². The molecule has 128 valence electrons. The molecule has 0 unspecified atom stereocenters. The Labute approximate surface area is 152 Å². The molecule has 0 fully saturated rings. The van der Waals surface area contributed by atoms with Crippen molar-refractivity contribution >= 4 is 22.4 Å². The van der Waals surface area contributed by atoms with Crippen molar-refractivity contribution in [3.05, 3.63) is 89.7 Å². The molecule has 0 spiro atoms. The second-order valence-electron chi connectivity index (χ2n) is 6.43. The van der Waals surface area contributed by atoms with E-state index in [4.69, 9.17) is 0 Å². The van der Waals surface area contributed by atoms with Crippen LogP contribution >= 0.6 is 0 Å². The average molecular weight is 341 g/mol. The van der Waals surface area contributed by atoms with E-state index in [1.807, 2.05) is 68.4 Å². The molecule has 0 saturated carbocycles. The van der Waals surface area contributed by atoms with E-state index in [0.29, 0.717) is 5.69 Å². The van der Waals surface area contributed by atoms with Crippen molar-refractivity contribution in [1.29, 1.82) is 0 Å². The molecule has 0 atom stereocenters. The van der Waals surface area contributed by atoms with Crippen LogP contribution in [-0.2, 0) is 0 Å². The first-order valence-electron chi connectivity index (χ1n) is 8.54. The number of anilines is 1. The van der Waals surface area contributed by atoms with E-state index in [1.54, 1.807) is 10.7 Å². The Bertz CT molecular complexity index is 1090. The van der Waals surface area contributed by atoms with Crippen molar-refractivity contribution in [3.63, 3.8) is 0 Å². The molecule has 4 heteroatoms. The third-order valence-corrected chi connectivity index (χ3v) is 4.35. The van der Waals surface area contributed by atoms with Gasteiger partial charge in [-0.1, -0.05) is 48.0 Å². The number of benzene rings is 3. The highest BCUT2D eigenvalue weighted by molar-refractivity contribution is 6.03. The summed E-state index contributed by atoms with van der Waals surface area (Å²) in [5.41, 5.74) is 4.10. The number of aryl methyl sites for hydroxylation is 2. The van der Waals surface area contributed by atoms with Gasteiger partial charge in [0.2, 0.25) is 0 Å². The average Bonchev–Trinajstić information content (AvgIpc) is 3.05. The van der Waals surface area contributed by atoms with Gasteiger partial charge in [0.1, 0.15) is 5.69 Å². The van der Waals surface area contributed by atoms with Crippen molar-refractivity contribution in [2.75, 3.05) is 5.32 Å². The van der Waals surface area contributed by atoms with E-state index in [1.165, 1.54) is 0 Å². The number of carbonyl (C=O) groups is 1. The van der Waals surface area contributed by atoms with E-state index < -0.39 is 0 Å². The largest absolute Gasteiger partial charge is 0.321 e. The number of rotatable bonds is 3. The van der Waals surface area contributed by atoms with E-state index >= 15 is 0 Å². The fraction of sp³-hybridized carbons (Fsp3) is 0.0909. The molecule has 0 bridgehead atoms. The zero-order chi connectivity index (χ0) is 18.1. The molecule has 0 saturated heterocycles. The summed E-state index contributed by atoms with van der Waals surface area (Å²) in [7, 11) is 0. The monoisotopic (exact) mass is 341 g/mol. The zero-order valence-corrected chi connectivity index (χ0v) is 14.7. The van der Waals surface area contributed by atoms with Crippen LogP contribution in [0.4, 0.5) is 5.69 Å². The van der Waals surface area contributed by atoms with Crippen LogP contribution in [0.3, 0.4) is 0 Å². The van der Waals surface area contributed by atoms with Crippen molar-refractivity contribution in [3.8, 4) is 5.69 Å². The lowest BCUT2D eigenvalue weighted by Gasteiger charge is -2.09. The maximum Gasteiger partial charge on any atom is 0.274 e.